The normalized spacial score (nSPS) is 14.1. The van der Waals surface area contributed by atoms with Gasteiger partial charge in [-0.2, -0.15) is 5.26 Å². The molecule has 0 unspecified atom stereocenters. The van der Waals surface area contributed by atoms with Crippen LogP contribution in [0.2, 0.25) is 0 Å². The quantitative estimate of drug-likeness (QED) is 0.762. The standard InChI is InChI=1S/C20H17N3OS/c1-23-9-8-16-17(11-21)20(25-18(16)12-23)22-19(24)15-7-6-13-4-2-3-5-14(13)10-15/h2-7,10H,8-9,12H2,1H3,(H,22,24). The molecule has 0 saturated heterocycles. The van der Waals surface area contributed by atoms with Crippen LogP contribution in [0.5, 0.6) is 0 Å². The summed E-state index contributed by atoms with van der Waals surface area (Å²) in [7, 11) is 2.07. The highest BCUT2D eigenvalue weighted by atomic mass is 32.1. The molecule has 2 aromatic carbocycles. The number of nitrogens with zero attached hydrogens (tertiary/aromatic N) is 2. The second-order valence-electron chi connectivity index (χ2n) is 6.32. The number of benzene rings is 2. The maximum Gasteiger partial charge on any atom is 0.256 e. The first-order valence-electron chi connectivity index (χ1n) is 8.19. The van der Waals surface area contributed by atoms with Gasteiger partial charge in [0.15, 0.2) is 0 Å². The van der Waals surface area contributed by atoms with Gasteiger partial charge in [0, 0.05) is 23.5 Å². The average molecular weight is 347 g/mol. The van der Waals surface area contributed by atoms with E-state index in [-0.39, 0.29) is 5.91 Å². The second-order valence-corrected chi connectivity index (χ2v) is 7.43. The van der Waals surface area contributed by atoms with Crippen molar-refractivity contribution in [2.24, 2.45) is 0 Å². The van der Waals surface area contributed by atoms with Gasteiger partial charge < -0.3 is 10.2 Å². The average Bonchev–Trinajstić information content (AvgIpc) is 2.97. The predicted molar refractivity (Wildman–Crippen MR) is 101 cm³/mol. The van der Waals surface area contributed by atoms with Crippen molar-refractivity contribution in [3.05, 3.63) is 64.0 Å². The number of carbonyl (C=O) groups excluding carboxylic acids is 1. The van der Waals surface area contributed by atoms with Gasteiger partial charge >= 0.3 is 0 Å². The lowest BCUT2D eigenvalue weighted by atomic mass is 10.0. The van der Waals surface area contributed by atoms with Gasteiger partial charge in [0.2, 0.25) is 0 Å². The zero-order valence-electron chi connectivity index (χ0n) is 13.9. The number of rotatable bonds is 2. The van der Waals surface area contributed by atoms with Gasteiger partial charge in [-0.1, -0.05) is 30.3 Å². The second kappa shape index (κ2) is 6.32. The molecule has 1 aliphatic rings. The molecule has 0 fully saturated rings. The Morgan fingerprint density at radius 3 is 2.84 bits per heavy atom. The summed E-state index contributed by atoms with van der Waals surface area (Å²) in [5.41, 5.74) is 2.33. The zero-order valence-corrected chi connectivity index (χ0v) is 14.7. The van der Waals surface area contributed by atoms with Crippen LogP contribution >= 0.6 is 11.3 Å². The van der Waals surface area contributed by atoms with Gasteiger partial charge in [0.25, 0.3) is 5.91 Å². The van der Waals surface area contributed by atoms with Crippen molar-refractivity contribution < 1.29 is 4.79 Å². The predicted octanol–water partition coefficient (Wildman–Crippen LogP) is 4.01. The van der Waals surface area contributed by atoms with Crippen molar-refractivity contribution in [2.45, 2.75) is 13.0 Å². The maximum atomic E-state index is 12.7. The first-order chi connectivity index (χ1) is 12.2. The van der Waals surface area contributed by atoms with E-state index in [1.807, 2.05) is 42.5 Å². The van der Waals surface area contributed by atoms with E-state index < -0.39 is 0 Å². The molecule has 4 nitrogen and oxygen atoms in total. The minimum absolute atomic E-state index is 0.172. The van der Waals surface area contributed by atoms with E-state index in [1.165, 1.54) is 16.2 Å². The number of hydrogen-bond acceptors (Lipinski definition) is 4. The van der Waals surface area contributed by atoms with Crippen molar-refractivity contribution in [3.63, 3.8) is 0 Å². The molecule has 124 valence electrons. The molecular formula is C20H17N3OS. The van der Waals surface area contributed by atoms with Gasteiger partial charge in [0.1, 0.15) is 11.1 Å². The molecule has 3 aromatic rings. The summed E-state index contributed by atoms with van der Waals surface area (Å²) in [5, 5.41) is 15.3. The Hall–Kier alpha value is -2.68. The molecule has 2 heterocycles. The van der Waals surface area contributed by atoms with Crippen molar-refractivity contribution in [1.82, 2.24) is 4.90 Å². The number of anilines is 1. The number of likely N-dealkylation sites (N-methyl/N-ethyl adjacent to an activating group) is 1. The topological polar surface area (TPSA) is 56.1 Å². The molecule has 1 amide bonds. The van der Waals surface area contributed by atoms with Crippen LogP contribution in [0.3, 0.4) is 0 Å². The van der Waals surface area contributed by atoms with E-state index >= 15 is 0 Å². The zero-order chi connectivity index (χ0) is 17.4. The van der Waals surface area contributed by atoms with Crippen molar-refractivity contribution in [3.8, 4) is 6.07 Å². The minimum Gasteiger partial charge on any atom is -0.312 e. The Morgan fingerprint density at radius 1 is 1.24 bits per heavy atom. The van der Waals surface area contributed by atoms with Crippen molar-refractivity contribution in [2.75, 3.05) is 18.9 Å². The summed E-state index contributed by atoms with van der Waals surface area (Å²) in [6.07, 6.45) is 0.858. The monoisotopic (exact) mass is 347 g/mol. The summed E-state index contributed by atoms with van der Waals surface area (Å²) in [6.45, 7) is 1.77. The molecule has 1 N–H and O–H groups in total. The molecule has 0 aliphatic carbocycles. The summed E-state index contributed by atoms with van der Waals surface area (Å²) in [6, 6.07) is 15.9. The summed E-state index contributed by atoms with van der Waals surface area (Å²) >= 11 is 1.52. The molecule has 0 atom stereocenters. The van der Waals surface area contributed by atoms with Crippen LogP contribution in [0.4, 0.5) is 5.00 Å². The van der Waals surface area contributed by atoms with Crippen LogP contribution in [-0.2, 0) is 13.0 Å². The highest BCUT2D eigenvalue weighted by Crippen LogP contribution is 2.36. The Balaban J connectivity index is 1.65. The maximum absolute atomic E-state index is 12.7. The van der Waals surface area contributed by atoms with Crippen molar-refractivity contribution in [1.29, 1.82) is 5.26 Å². The Bertz CT molecular complexity index is 1020. The molecule has 25 heavy (non-hydrogen) atoms. The fourth-order valence-electron chi connectivity index (χ4n) is 3.24. The van der Waals surface area contributed by atoms with Crippen LogP contribution < -0.4 is 5.32 Å². The third-order valence-corrected chi connectivity index (χ3v) is 5.73. The summed E-state index contributed by atoms with van der Waals surface area (Å²) < 4.78 is 0. The molecular weight excluding hydrogens is 330 g/mol. The van der Waals surface area contributed by atoms with Crippen LogP contribution in [-0.4, -0.2) is 24.4 Å². The van der Waals surface area contributed by atoms with E-state index in [2.05, 4.69) is 23.3 Å². The van der Waals surface area contributed by atoms with E-state index in [0.29, 0.717) is 16.1 Å². The van der Waals surface area contributed by atoms with Crippen molar-refractivity contribution >= 4 is 33.0 Å². The number of fused-ring (bicyclic) bond motifs is 2. The Labute approximate surface area is 150 Å². The lowest BCUT2D eigenvalue weighted by Crippen LogP contribution is -2.25. The van der Waals surface area contributed by atoms with E-state index in [9.17, 15) is 10.1 Å². The number of thiophene rings is 1. The first kappa shape index (κ1) is 15.8. The van der Waals surface area contributed by atoms with Crippen LogP contribution in [0.25, 0.3) is 10.8 Å². The fourth-order valence-corrected chi connectivity index (χ4v) is 4.52. The molecule has 5 heteroatoms. The Morgan fingerprint density at radius 2 is 2.04 bits per heavy atom. The van der Waals surface area contributed by atoms with Gasteiger partial charge in [-0.15, -0.1) is 11.3 Å². The number of nitrogens with one attached hydrogen (secondary N) is 1. The van der Waals surface area contributed by atoms with E-state index in [4.69, 9.17) is 0 Å². The number of carbonyl (C=O) groups is 1. The van der Waals surface area contributed by atoms with E-state index in [0.717, 1.165) is 35.8 Å². The third-order valence-electron chi connectivity index (χ3n) is 4.60. The molecule has 1 aromatic heterocycles. The van der Waals surface area contributed by atoms with Gasteiger partial charge in [-0.3, -0.25) is 4.79 Å². The highest BCUT2D eigenvalue weighted by Gasteiger charge is 2.24. The van der Waals surface area contributed by atoms with Gasteiger partial charge in [-0.05, 0) is 41.9 Å². The lowest BCUT2D eigenvalue weighted by molar-refractivity contribution is 0.102. The largest absolute Gasteiger partial charge is 0.312 e. The summed E-state index contributed by atoms with van der Waals surface area (Å²) in [5.74, 6) is -0.172. The summed E-state index contributed by atoms with van der Waals surface area (Å²) in [4.78, 5) is 16.1. The van der Waals surface area contributed by atoms with Crippen LogP contribution in [0.15, 0.2) is 42.5 Å². The van der Waals surface area contributed by atoms with Gasteiger partial charge in [-0.25, -0.2) is 0 Å². The minimum atomic E-state index is -0.172. The Kier molecular flexibility index (Phi) is 4.00. The molecule has 0 radical (unpaired) electrons. The smallest absolute Gasteiger partial charge is 0.256 e. The SMILES string of the molecule is CN1CCc2c(sc(NC(=O)c3ccc4ccccc4c3)c2C#N)C1. The first-order valence-corrected chi connectivity index (χ1v) is 9.00. The molecule has 0 saturated carbocycles. The number of hydrogen-bond donors (Lipinski definition) is 1. The lowest BCUT2D eigenvalue weighted by Gasteiger charge is -2.21. The molecule has 0 spiro atoms. The number of amides is 1. The molecule has 4 rings (SSSR count). The van der Waals surface area contributed by atoms with Gasteiger partial charge in [0.05, 0.1) is 5.56 Å². The third kappa shape index (κ3) is 2.91. The molecule has 0 bridgehead atoms. The fraction of sp³-hybridized carbons (Fsp3) is 0.200. The van der Waals surface area contributed by atoms with Crippen LogP contribution in [0, 0.1) is 11.3 Å². The highest BCUT2D eigenvalue weighted by molar-refractivity contribution is 7.16. The van der Waals surface area contributed by atoms with Crippen LogP contribution in [0.1, 0.15) is 26.4 Å². The number of nitriles is 1. The molecule has 1 aliphatic heterocycles. The van der Waals surface area contributed by atoms with E-state index in [1.54, 1.807) is 0 Å².